The number of hydrogen-bond donors (Lipinski definition) is 1. The maximum atomic E-state index is 4.19. The van der Waals surface area contributed by atoms with Crippen molar-refractivity contribution in [2.45, 2.75) is 0 Å². The van der Waals surface area contributed by atoms with Crippen LogP contribution in [0.5, 0.6) is 0 Å². The molecule has 1 aliphatic heterocycles. The average molecular weight is 202 g/mol. The molecule has 0 spiro atoms. The van der Waals surface area contributed by atoms with E-state index in [1.165, 1.54) is 0 Å². The van der Waals surface area contributed by atoms with E-state index in [-0.39, 0.29) is 0 Å². The van der Waals surface area contributed by atoms with Crippen LogP contribution in [0.3, 0.4) is 0 Å². The van der Waals surface area contributed by atoms with Gasteiger partial charge in [-0.2, -0.15) is 9.39 Å². The first-order chi connectivity index (χ1) is 6.95. The van der Waals surface area contributed by atoms with E-state index in [0.717, 1.165) is 5.69 Å². The lowest BCUT2D eigenvalue weighted by Crippen LogP contribution is -1.62. The first-order valence-electron chi connectivity index (χ1n) is 4.30. The van der Waals surface area contributed by atoms with Crippen molar-refractivity contribution in [3.05, 3.63) is 53.3 Å². The van der Waals surface area contributed by atoms with Gasteiger partial charge in [0.05, 0.1) is 5.69 Å². The van der Waals surface area contributed by atoms with Crippen molar-refractivity contribution < 1.29 is 0 Å². The van der Waals surface area contributed by atoms with Gasteiger partial charge in [-0.05, 0) is 22.9 Å². The Hall–Kier alpha value is -1.57. The third-order valence-corrected chi connectivity index (χ3v) is 2.96. The minimum Gasteiger partial charge on any atom is -0.187 e. The fourth-order valence-corrected chi connectivity index (χ4v) is 1.96. The smallest absolute Gasteiger partial charge is 0.106 e. The summed E-state index contributed by atoms with van der Waals surface area (Å²) in [7, 11) is 0. The molecule has 1 aromatic rings. The minimum atomic E-state index is -0.482. The lowest BCUT2D eigenvalue weighted by atomic mass is 10.3. The molecule has 0 fully saturated rings. The fraction of sp³-hybridized carbons (Fsp3) is 0. The molecule has 0 atom stereocenters. The van der Waals surface area contributed by atoms with Gasteiger partial charge in [-0.15, -0.1) is 11.1 Å². The van der Waals surface area contributed by atoms with E-state index < -0.39 is 11.1 Å². The highest BCUT2D eigenvalue weighted by Crippen LogP contribution is 2.33. The van der Waals surface area contributed by atoms with Crippen LogP contribution in [-0.4, -0.2) is 6.01 Å². The third kappa shape index (κ3) is 2.46. The molecule has 0 aliphatic carbocycles. The first kappa shape index (κ1) is 9.00. The van der Waals surface area contributed by atoms with Gasteiger partial charge >= 0.3 is 0 Å². The van der Waals surface area contributed by atoms with Crippen molar-refractivity contribution in [3.8, 4) is 0 Å². The second kappa shape index (κ2) is 4.61. The van der Waals surface area contributed by atoms with E-state index in [9.17, 15) is 0 Å². The predicted molar refractivity (Wildman–Crippen MR) is 63.2 cm³/mol. The molecule has 0 radical (unpaired) electrons. The Kier molecular flexibility index (Phi) is 2.96. The van der Waals surface area contributed by atoms with Crippen molar-refractivity contribution >= 4 is 22.8 Å². The van der Waals surface area contributed by atoms with E-state index in [4.69, 9.17) is 0 Å². The molecule has 14 heavy (non-hydrogen) atoms. The van der Waals surface area contributed by atoms with Gasteiger partial charge in [0.1, 0.15) is 6.01 Å². The van der Waals surface area contributed by atoms with E-state index in [1.807, 2.05) is 42.5 Å². The molecule has 1 aliphatic rings. The maximum Gasteiger partial charge on any atom is 0.106 e. The van der Waals surface area contributed by atoms with Gasteiger partial charge in [-0.1, -0.05) is 30.4 Å². The molecule has 0 aromatic heterocycles. The lowest BCUT2D eigenvalue weighted by Gasteiger charge is -1.95. The lowest BCUT2D eigenvalue weighted by molar-refractivity contribution is 1.54. The van der Waals surface area contributed by atoms with Gasteiger partial charge in [0.2, 0.25) is 0 Å². The van der Waals surface area contributed by atoms with Crippen LogP contribution >= 0.6 is 11.1 Å². The third-order valence-electron chi connectivity index (χ3n) is 1.68. The summed E-state index contributed by atoms with van der Waals surface area (Å²) in [4.78, 5) is 4.10. The number of hydrogen-bond acceptors (Lipinski definition) is 2. The number of benzene rings is 1. The summed E-state index contributed by atoms with van der Waals surface area (Å²) in [5.74, 6) is 0. The van der Waals surface area contributed by atoms with Crippen molar-refractivity contribution in [2.24, 2.45) is 9.39 Å². The van der Waals surface area contributed by atoms with Crippen LogP contribution in [0.2, 0.25) is 0 Å². The average Bonchev–Trinajstić information content (AvgIpc) is 2.72. The number of para-hydroxylation sites is 1. The molecule has 70 valence electrons. The summed E-state index contributed by atoms with van der Waals surface area (Å²) in [6.45, 7) is 0. The van der Waals surface area contributed by atoms with Crippen LogP contribution < -0.4 is 0 Å². The second-order valence-corrected chi connectivity index (χ2v) is 4.27. The quantitative estimate of drug-likeness (QED) is 0.561. The molecule has 2 nitrogen and oxygen atoms in total. The SMILES string of the molecule is C(=Nc1ccccc1)=N[SH]1C=CC=C1. The van der Waals surface area contributed by atoms with Crippen LogP contribution in [0.25, 0.3) is 0 Å². The molecule has 0 saturated carbocycles. The number of aliphatic imine (C=N–C) groups is 1. The highest BCUT2D eigenvalue weighted by atomic mass is 32.2. The fourth-order valence-electron chi connectivity index (χ4n) is 1.03. The van der Waals surface area contributed by atoms with E-state index in [0.29, 0.717) is 0 Å². The van der Waals surface area contributed by atoms with Crippen LogP contribution in [0.15, 0.2) is 62.7 Å². The molecule has 0 bridgehead atoms. The second-order valence-electron chi connectivity index (χ2n) is 2.71. The van der Waals surface area contributed by atoms with Gasteiger partial charge < -0.3 is 0 Å². The van der Waals surface area contributed by atoms with Crippen molar-refractivity contribution in [1.82, 2.24) is 0 Å². The normalized spacial score (nSPS) is 15.3. The largest absolute Gasteiger partial charge is 0.187 e. The Morgan fingerprint density at radius 1 is 1.00 bits per heavy atom. The molecular weight excluding hydrogens is 192 g/mol. The molecule has 0 N–H and O–H groups in total. The monoisotopic (exact) mass is 202 g/mol. The molecule has 1 heterocycles. The van der Waals surface area contributed by atoms with Crippen LogP contribution in [0.4, 0.5) is 5.69 Å². The number of rotatable bonds is 2. The van der Waals surface area contributed by atoms with Crippen LogP contribution in [0.1, 0.15) is 0 Å². The van der Waals surface area contributed by atoms with Crippen molar-refractivity contribution in [2.75, 3.05) is 0 Å². The molecule has 0 unspecified atom stereocenters. The summed E-state index contributed by atoms with van der Waals surface area (Å²) < 4.78 is 4.19. The number of allylic oxidation sites excluding steroid dienone is 2. The van der Waals surface area contributed by atoms with Gasteiger partial charge in [-0.3, -0.25) is 0 Å². The zero-order valence-corrected chi connectivity index (χ0v) is 8.43. The predicted octanol–water partition coefficient (Wildman–Crippen LogP) is 3.45. The van der Waals surface area contributed by atoms with Gasteiger partial charge in [-0.25, -0.2) is 0 Å². The highest BCUT2D eigenvalue weighted by molar-refractivity contribution is 8.21. The molecule has 0 saturated heterocycles. The summed E-state index contributed by atoms with van der Waals surface area (Å²) in [5.41, 5.74) is 0.887. The standard InChI is InChI=1S/C11H10N2S/c1-2-6-11(7-3-1)12-10-13-14-8-4-5-9-14/h1-9,14H. The topological polar surface area (TPSA) is 24.7 Å². The zero-order valence-electron chi connectivity index (χ0n) is 7.54. The highest BCUT2D eigenvalue weighted by Gasteiger charge is 1.91. The molecule has 2 rings (SSSR count). The van der Waals surface area contributed by atoms with Crippen LogP contribution in [0, 0.1) is 0 Å². The molecule has 3 heteroatoms. The van der Waals surface area contributed by atoms with E-state index >= 15 is 0 Å². The Morgan fingerprint density at radius 2 is 1.71 bits per heavy atom. The summed E-state index contributed by atoms with van der Waals surface area (Å²) in [5, 5.41) is 4.12. The summed E-state index contributed by atoms with van der Waals surface area (Å²) in [6.07, 6.45) is 4.00. The summed E-state index contributed by atoms with van der Waals surface area (Å²) >= 11 is -0.482. The van der Waals surface area contributed by atoms with E-state index in [1.54, 1.807) is 0 Å². The van der Waals surface area contributed by atoms with E-state index in [2.05, 4.69) is 26.2 Å². The Labute approximate surface area is 85.9 Å². The maximum absolute atomic E-state index is 4.19. The van der Waals surface area contributed by atoms with Crippen molar-refractivity contribution in [3.63, 3.8) is 0 Å². The molecule has 1 aromatic carbocycles. The van der Waals surface area contributed by atoms with Gasteiger partial charge in [0.15, 0.2) is 0 Å². The first-order valence-corrected chi connectivity index (χ1v) is 5.73. The van der Waals surface area contributed by atoms with Crippen LogP contribution in [-0.2, 0) is 0 Å². The minimum absolute atomic E-state index is 0.482. The van der Waals surface area contributed by atoms with Crippen molar-refractivity contribution in [1.29, 1.82) is 0 Å². The Bertz CT molecular complexity index is 402. The van der Waals surface area contributed by atoms with Gasteiger partial charge in [0.25, 0.3) is 0 Å². The number of thiol groups is 1. The Morgan fingerprint density at radius 3 is 2.43 bits per heavy atom. The number of nitrogens with zero attached hydrogens (tertiary/aromatic N) is 2. The Balaban J connectivity index is 2.07. The van der Waals surface area contributed by atoms with Gasteiger partial charge in [0, 0.05) is 0 Å². The molecular formula is C11H10N2S. The molecule has 0 amide bonds. The zero-order chi connectivity index (χ0) is 9.64. The summed E-state index contributed by atoms with van der Waals surface area (Å²) in [6, 6.07) is 12.4.